The van der Waals surface area contributed by atoms with Crippen molar-refractivity contribution in [2.24, 2.45) is 0 Å². The van der Waals surface area contributed by atoms with Crippen LogP contribution in [0.2, 0.25) is 5.02 Å². The van der Waals surface area contributed by atoms with E-state index >= 15 is 0 Å². The summed E-state index contributed by atoms with van der Waals surface area (Å²) in [5.74, 6) is -1.75. The summed E-state index contributed by atoms with van der Waals surface area (Å²) in [5, 5.41) is -0.327. The first-order valence-corrected chi connectivity index (χ1v) is 7.59. The Morgan fingerprint density at radius 1 is 1.05 bits per heavy atom. The van der Waals surface area contributed by atoms with Crippen LogP contribution in [0.25, 0.3) is 0 Å². The molecule has 0 spiro atoms. The lowest BCUT2D eigenvalue weighted by atomic mass is 10.2. The number of hydrogen-bond donors (Lipinski definition) is 2. The normalized spacial score (nSPS) is 11.1. The van der Waals surface area contributed by atoms with Crippen molar-refractivity contribution in [2.45, 2.75) is 4.90 Å². The molecule has 5 nitrogen and oxygen atoms in total. The molecule has 0 aromatic heterocycles. The lowest BCUT2D eigenvalue weighted by Crippen LogP contribution is -2.41. The minimum Gasteiger partial charge on any atom is -0.273 e. The maximum atomic E-state index is 13.7. The van der Waals surface area contributed by atoms with Crippen LogP contribution in [0.3, 0.4) is 0 Å². The molecule has 2 rings (SSSR count). The van der Waals surface area contributed by atoms with Gasteiger partial charge in [-0.3, -0.25) is 10.2 Å². The Morgan fingerprint density at radius 2 is 1.71 bits per heavy atom. The van der Waals surface area contributed by atoms with Crippen LogP contribution in [0, 0.1) is 5.82 Å². The smallest absolute Gasteiger partial charge is 0.266 e. The fourth-order valence-corrected chi connectivity index (χ4v) is 2.69. The minimum absolute atomic E-state index is 0.256. The third-order valence-corrected chi connectivity index (χ3v) is 4.10. The molecule has 8 heteroatoms. The molecule has 110 valence electrons. The van der Waals surface area contributed by atoms with Gasteiger partial charge in [0.2, 0.25) is 0 Å². The molecule has 0 aliphatic heterocycles. The number of amides is 1. The largest absolute Gasteiger partial charge is 0.273 e. The highest BCUT2D eigenvalue weighted by atomic mass is 35.5. The number of hydrogen-bond acceptors (Lipinski definition) is 3. The lowest BCUT2D eigenvalue weighted by Gasteiger charge is -2.09. The molecule has 0 saturated heterocycles. The van der Waals surface area contributed by atoms with Gasteiger partial charge in [0.15, 0.2) is 5.82 Å². The van der Waals surface area contributed by atoms with Gasteiger partial charge < -0.3 is 0 Å². The van der Waals surface area contributed by atoms with Crippen molar-refractivity contribution in [1.29, 1.82) is 0 Å². The molecule has 0 saturated carbocycles. The van der Waals surface area contributed by atoms with Crippen molar-refractivity contribution in [3.63, 3.8) is 0 Å². The van der Waals surface area contributed by atoms with Gasteiger partial charge in [0, 0.05) is 5.56 Å². The van der Waals surface area contributed by atoms with E-state index in [0.29, 0.717) is 0 Å². The molecular weight excluding hydrogens is 319 g/mol. The summed E-state index contributed by atoms with van der Waals surface area (Å²) in [6.45, 7) is 0. The monoisotopic (exact) mass is 328 g/mol. The first-order chi connectivity index (χ1) is 9.92. The van der Waals surface area contributed by atoms with Gasteiger partial charge in [-0.2, -0.15) is 0 Å². The van der Waals surface area contributed by atoms with Gasteiger partial charge in [0.05, 0.1) is 5.02 Å². The van der Waals surface area contributed by atoms with Gasteiger partial charge in [-0.1, -0.05) is 35.9 Å². The highest BCUT2D eigenvalue weighted by Crippen LogP contribution is 2.21. The standard InChI is InChI=1S/C13H10ClFN2O3S/c14-10-7-4-8-11(12(10)15)21(19,20)17-16-13(18)9-5-2-1-3-6-9/h1-8,17H,(H,16,18). The number of rotatable bonds is 4. The average molecular weight is 329 g/mol. The van der Waals surface area contributed by atoms with Crippen molar-refractivity contribution < 1.29 is 17.6 Å². The van der Waals surface area contributed by atoms with Crippen LogP contribution in [0.15, 0.2) is 53.4 Å². The lowest BCUT2D eigenvalue weighted by molar-refractivity contribution is 0.0945. The van der Waals surface area contributed by atoms with Crippen LogP contribution in [0.1, 0.15) is 10.4 Å². The van der Waals surface area contributed by atoms with E-state index in [0.717, 1.165) is 6.07 Å². The molecule has 0 aliphatic rings. The van der Waals surface area contributed by atoms with E-state index < -0.39 is 26.6 Å². The molecule has 21 heavy (non-hydrogen) atoms. The van der Waals surface area contributed by atoms with Crippen LogP contribution >= 0.6 is 11.6 Å². The van der Waals surface area contributed by atoms with Gasteiger partial charge in [-0.05, 0) is 24.3 Å². The second-order valence-electron chi connectivity index (χ2n) is 3.98. The van der Waals surface area contributed by atoms with E-state index in [2.05, 4.69) is 0 Å². The third-order valence-electron chi connectivity index (χ3n) is 2.54. The average Bonchev–Trinajstić information content (AvgIpc) is 2.48. The predicted molar refractivity (Wildman–Crippen MR) is 75.6 cm³/mol. The molecule has 1 amide bonds. The van der Waals surface area contributed by atoms with Crippen LogP contribution < -0.4 is 10.3 Å². The first kappa shape index (κ1) is 15.4. The zero-order chi connectivity index (χ0) is 15.5. The molecule has 0 bridgehead atoms. The highest BCUT2D eigenvalue weighted by Gasteiger charge is 2.21. The second-order valence-corrected chi connectivity index (χ2v) is 6.04. The SMILES string of the molecule is O=C(NNS(=O)(=O)c1cccc(Cl)c1F)c1ccccc1. The Balaban J connectivity index is 2.16. The number of hydrazine groups is 1. The molecule has 0 atom stereocenters. The third kappa shape index (κ3) is 3.57. The van der Waals surface area contributed by atoms with E-state index in [1.807, 2.05) is 10.3 Å². The number of benzene rings is 2. The molecule has 0 radical (unpaired) electrons. The fraction of sp³-hybridized carbons (Fsp3) is 0. The fourth-order valence-electron chi connectivity index (χ4n) is 1.52. The summed E-state index contributed by atoms with van der Waals surface area (Å²) < 4.78 is 37.5. The molecule has 2 N–H and O–H groups in total. The van der Waals surface area contributed by atoms with Gasteiger partial charge >= 0.3 is 0 Å². The first-order valence-electron chi connectivity index (χ1n) is 5.73. The maximum Gasteiger partial charge on any atom is 0.266 e. The van der Waals surface area contributed by atoms with Crippen molar-refractivity contribution in [3.05, 3.63) is 64.9 Å². The van der Waals surface area contributed by atoms with Crippen molar-refractivity contribution in [2.75, 3.05) is 0 Å². The Morgan fingerprint density at radius 3 is 2.38 bits per heavy atom. The van der Waals surface area contributed by atoms with Gasteiger partial charge in [-0.15, -0.1) is 4.83 Å². The van der Waals surface area contributed by atoms with Crippen molar-refractivity contribution >= 4 is 27.5 Å². The summed E-state index contributed by atoms with van der Waals surface area (Å²) >= 11 is 5.52. The predicted octanol–water partition coefficient (Wildman–Crippen LogP) is 2.10. The summed E-state index contributed by atoms with van der Waals surface area (Å²) in [7, 11) is -4.26. The zero-order valence-electron chi connectivity index (χ0n) is 10.5. The van der Waals surface area contributed by atoms with E-state index in [1.54, 1.807) is 18.2 Å². The summed E-state index contributed by atoms with van der Waals surface area (Å²) in [5.41, 5.74) is 2.25. The summed E-state index contributed by atoms with van der Waals surface area (Å²) in [6, 6.07) is 11.5. The number of carbonyl (C=O) groups excluding carboxylic acids is 1. The number of halogens is 2. The van der Waals surface area contributed by atoms with E-state index in [4.69, 9.17) is 11.6 Å². The topological polar surface area (TPSA) is 75.3 Å². The highest BCUT2D eigenvalue weighted by molar-refractivity contribution is 7.89. The molecule has 0 heterocycles. The molecule has 0 unspecified atom stereocenters. The Kier molecular flexibility index (Phi) is 4.56. The molecule has 0 aliphatic carbocycles. The van der Waals surface area contributed by atoms with Crippen LogP contribution in [0.4, 0.5) is 4.39 Å². The van der Waals surface area contributed by atoms with Crippen LogP contribution in [0.5, 0.6) is 0 Å². The number of nitrogens with one attached hydrogen (secondary N) is 2. The molecular formula is C13H10ClFN2O3S. The van der Waals surface area contributed by atoms with Gasteiger partial charge in [-0.25, -0.2) is 12.8 Å². The summed E-state index contributed by atoms with van der Waals surface area (Å²) in [4.78, 5) is 12.9. The second kappa shape index (κ2) is 6.21. The minimum atomic E-state index is -4.26. The number of carbonyl (C=O) groups is 1. The molecule has 2 aromatic carbocycles. The maximum absolute atomic E-state index is 13.7. The molecule has 0 fully saturated rings. The Hall–Kier alpha value is -1.96. The van der Waals surface area contributed by atoms with Crippen LogP contribution in [-0.2, 0) is 10.0 Å². The van der Waals surface area contributed by atoms with E-state index in [1.165, 1.54) is 24.3 Å². The van der Waals surface area contributed by atoms with Crippen molar-refractivity contribution in [3.8, 4) is 0 Å². The van der Waals surface area contributed by atoms with Crippen molar-refractivity contribution in [1.82, 2.24) is 10.3 Å². The van der Waals surface area contributed by atoms with Crippen LogP contribution in [-0.4, -0.2) is 14.3 Å². The Labute approximate surface area is 125 Å². The van der Waals surface area contributed by atoms with Gasteiger partial charge in [0.1, 0.15) is 4.90 Å². The quantitative estimate of drug-likeness (QED) is 0.844. The van der Waals surface area contributed by atoms with Gasteiger partial charge in [0.25, 0.3) is 15.9 Å². The van der Waals surface area contributed by atoms with E-state index in [9.17, 15) is 17.6 Å². The Bertz CT molecular complexity index is 766. The van der Waals surface area contributed by atoms with E-state index in [-0.39, 0.29) is 10.6 Å². The molecule has 2 aromatic rings. The number of sulfonamides is 1. The summed E-state index contributed by atoms with van der Waals surface area (Å²) in [6.07, 6.45) is 0. The zero-order valence-corrected chi connectivity index (χ0v) is 12.1.